The molecule has 6 heteroatoms. The van der Waals surface area contributed by atoms with E-state index in [1.54, 1.807) is 6.07 Å². The molecule has 0 bridgehead atoms. The van der Waals surface area contributed by atoms with Gasteiger partial charge in [-0.05, 0) is 41.3 Å². The lowest BCUT2D eigenvalue weighted by Crippen LogP contribution is -2.04. The van der Waals surface area contributed by atoms with Gasteiger partial charge in [-0.3, -0.25) is 0 Å². The first kappa shape index (κ1) is 18.5. The summed E-state index contributed by atoms with van der Waals surface area (Å²) in [5, 5.41) is 9.19. The van der Waals surface area contributed by atoms with Crippen molar-refractivity contribution in [2.75, 3.05) is 0 Å². The third-order valence-electron chi connectivity index (χ3n) is 4.10. The lowest BCUT2D eigenvalue weighted by atomic mass is 10.0. The smallest absolute Gasteiger partial charge is 0.191 e. The van der Waals surface area contributed by atoms with Gasteiger partial charge in [-0.1, -0.05) is 49.9 Å². The molecule has 0 N–H and O–H groups in total. The SMILES string of the molecule is CC(C)c1ccc(OCc2nnc(SCc3cccc(F)c3)n2C)cc1. The summed E-state index contributed by atoms with van der Waals surface area (Å²) in [4.78, 5) is 0. The van der Waals surface area contributed by atoms with E-state index in [0.717, 1.165) is 22.3 Å². The maximum Gasteiger partial charge on any atom is 0.191 e. The van der Waals surface area contributed by atoms with Crippen LogP contribution < -0.4 is 4.74 Å². The van der Waals surface area contributed by atoms with Crippen molar-refractivity contribution in [2.45, 2.75) is 37.3 Å². The maximum absolute atomic E-state index is 13.2. The van der Waals surface area contributed by atoms with Gasteiger partial charge in [-0.2, -0.15) is 0 Å². The van der Waals surface area contributed by atoms with Crippen LogP contribution in [0.5, 0.6) is 5.75 Å². The average Bonchev–Trinajstić information content (AvgIpc) is 2.98. The van der Waals surface area contributed by atoms with Gasteiger partial charge in [0, 0.05) is 12.8 Å². The summed E-state index contributed by atoms with van der Waals surface area (Å²) >= 11 is 1.52. The molecule has 0 saturated carbocycles. The average molecular weight is 371 g/mol. The lowest BCUT2D eigenvalue weighted by Gasteiger charge is -2.09. The van der Waals surface area contributed by atoms with Gasteiger partial charge in [0.05, 0.1) is 0 Å². The van der Waals surface area contributed by atoms with E-state index in [2.05, 4.69) is 36.2 Å². The minimum absolute atomic E-state index is 0.223. The van der Waals surface area contributed by atoms with Crippen molar-refractivity contribution in [1.29, 1.82) is 0 Å². The van der Waals surface area contributed by atoms with Crippen molar-refractivity contribution < 1.29 is 9.13 Å². The van der Waals surface area contributed by atoms with Crippen LogP contribution in [0.2, 0.25) is 0 Å². The second-order valence-electron chi connectivity index (χ2n) is 6.39. The predicted octanol–water partition coefficient (Wildman–Crippen LogP) is 4.95. The highest BCUT2D eigenvalue weighted by Gasteiger charge is 2.10. The quantitative estimate of drug-likeness (QED) is 0.551. The zero-order valence-electron chi connectivity index (χ0n) is 15.1. The molecular weight excluding hydrogens is 349 g/mol. The molecule has 0 fully saturated rings. The molecule has 0 amide bonds. The van der Waals surface area contributed by atoms with Crippen molar-refractivity contribution in [3.05, 3.63) is 71.3 Å². The number of benzene rings is 2. The third kappa shape index (κ3) is 4.64. The molecular formula is C20H22FN3OS. The molecule has 0 saturated heterocycles. The number of aromatic nitrogens is 3. The van der Waals surface area contributed by atoms with E-state index >= 15 is 0 Å². The van der Waals surface area contributed by atoms with E-state index in [0.29, 0.717) is 18.3 Å². The van der Waals surface area contributed by atoms with E-state index < -0.39 is 0 Å². The van der Waals surface area contributed by atoms with Crippen molar-refractivity contribution in [3.8, 4) is 5.75 Å². The molecule has 26 heavy (non-hydrogen) atoms. The Bertz CT molecular complexity index is 862. The van der Waals surface area contributed by atoms with Gasteiger partial charge in [-0.25, -0.2) is 4.39 Å². The Morgan fingerprint density at radius 2 is 1.88 bits per heavy atom. The van der Waals surface area contributed by atoms with E-state index in [-0.39, 0.29) is 5.82 Å². The molecule has 136 valence electrons. The fourth-order valence-corrected chi connectivity index (χ4v) is 3.34. The fraction of sp³-hybridized carbons (Fsp3) is 0.300. The number of rotatable bonds is 7. The summed E-state index contributed by atoms with van der Waals surface area (Å²) in [6, 6.07) is 14.7. The third-order valence-corrected chi connectivity index (χ3v) is 5.19. The van der Waals surface area contributed by atoms with Crippen molar-refractivity contribution in [3.63, 3.8) is 0 Å². The monoisotopic (exact) mass is 371 g/mol. The van der Waals surface area contributed by atoms with Gasteiger partial charge in [0.1, 0.15) is 18.2 Å². The molecule has 2 aromatic carbocycles. The summed E-state index contributed by atoms with van der Waals surface area (Å²) in [7, 11) is 1.91. The first-order chi connectivity index (χ1) is 12.5. The summed E-state index contributed by atoms with van der Waals surface area (Å²) in [5.41, 5.74) is 2.20. The maximum atomic E-state index is 13.2. The molecule has 1 aromatic heterocycles. The fourth-order valence-electron chi connectivity index (χ4n) is 2.47. The van der Waals surface area contributed by atoms with Gasteiger partial charge >= 0.3 is 0 Å². The number of hydrogen-bond donors (Lipinski definition) is 0. The van der Waals surface area contributed by atoms with Crippen LogP contribution in [0.15, 0.2) is 53.7 Å². The first-order valence-electron chi connectivity index (χ1n) is 8.51. The van der Waals surface area contributed by atoms with Gasteiger partial charge < -0.3 is 9.30 Å². The van der Waals surface area contributed by atoms with Crippen LogP contribution in [0, 0.1) is 5.82 Å². The molecule has 0 atom stereocenters. The van der Waals surface area contributed by atoms with E-state index in [1.807, 2.05) is 29.8 Å². The Morgan fingerprint density at radius 1 is 1.12 bits per heavy atom. The zero-order chi connectivity index (χ0) is 18.5. The molecule has 1 heterocycles. The van der Waals surface area contributed by atoms with Crippen LogP contribution in [0.3, 0.4) is 0 Å². The summed E-state index contributed by atoms with van der Waals surface area (Å²) in [5.74, 6) is 2.48. The van der Waals surface area contributed by atoms with Crippen LogP contribution >= 0.6 is 11.8 Å². The zero-order valence-corrected chi connectivity index (χ0v) is 16.0. The van der Waals surface area contributed by atoms with Crippen LogP contribution in [0.4, 0.5) is 4.39 Å². The second kappa shape index (κ2) is 8.36. The number of halogens is 1. The molecule has 0 aliphatic rings. The van der Waals surface area contributed by atoms with Gasteiger partial charge in [0.15, 0.2) is 11.0 Å². The largest absolute Gasteiger partial charge is 0.486 e. The van der Waals surface area contributed by atoms with Crippen LogP contribution in [-0.2, 0) is 19.4 Å². The molecule has 0 aliphatic carbocycles. The summed E-state index contributed by atoms with van der Waals surface area (Å²) in [6.45, 7) is 4.68. The van der Waals surface area contributed by atoms with Crippen molar-refractivity contribution >= 4 is 11.8 Å². The Hall–Kier alpha value is -2.34. The van der Waals surface area contributed by atoms with Crippen molar-refractivity contribution in [1.82, 2.24) is 14.8 Å². The standard InChI is InChI=1S/C20H22FN3OS/c1-14(2)16-7-9-18(10-8-16)25-12-19-22-23-20(24(19)3)26-13-15-5-4-6-17(21)11-15/h4-11,14H,12-13H2,1-3H3. The van der Waals surface area contributed by atoms with E-state index in [4.69, 9.17) is 4.74 Å². The van der Waals surface area contributed by atoms with E-state index in [1.165, 1.54) is 29.5 Å². The van der Waals surface area contributed by atoms with Gasteiger partial charge in [-0.15, -0.1) is 10.2 Å². The van der Waals surface area contributed by atoms with Crippen molar-refractivity contribution in [2.24, 2.45) is 7.05 Å². The van der Waals surface area contributed by atoms with Crippen LogP contribution in [0.1, 0.15) is 36.7 Å². The van der Waals surface area contributed by atoms with E-state index in [9.17, 15) is 4.39 Å². The normalized spacial score (nSPS) is 11.1. The minimum atomic E-state index is -0.223. The highest BCUT2D eigenvalue weighted by atomic mass is 32.2. The Balaban J connectivity index is 1.58. The number of ether oxygens (including phenoxy) is 1. The highest BCUT2D eigenvalue weighted by molar-refractivity contribution is 7.98. The molecule has 0 unspecified atom stereocenters. The summed E-state index contributed by atoms with van der Waals surface area (Å²) < 4.78 is 21.0. The summed E-state index contributed by atoms with van der Waals surface area (Å²) in [6.07, 6.45) is 0. The van der Waals surface area contributed by atoms with Gasteiger partial charge in [0.25, 0.3) is 0 Å². The predicted molar refractivity (Wildman–Crippen MR) is 102 cm³/mol. The number of nitrogens with zero attached hydrogens (tertiary/aromatic N) is 3. The minimum Gasteiger partial charge on any atom is -0.486 e. The van der Waals surface area contributed by atoms with Crippen LogP contribution in [0.25, 0.3) is 0 Å². The molecule has 3 rings (SSSR count). The first-order valence-corrected chi connectivity index (χ1v) is 9.50. The highest BCUT2D eigenvalue weighted by Crippen LogP contribution is 2.23. The Morgan fingerprint density at radius 3 is 2.58 bits per heavy atom. The second-order valence-corrected chi connectivity index (χ2v) is 7.33. The Kier molecular flexibility index (Phi) is 5.93. The number of thioether (sulfide) groups is 1. The molecule has 4 nitrogen and oxygen atoms in total. The molecule has 0 spiro atoms. The van der Waals surface area contributed by atoms with Gasteiger partial charge in [0.2, 0.25) is 0 Å². The molecule has 0 radical (unpaired) electrons. The topological polar surface area (TPSA) is 39.9 Å². The van der Waals surface area contributed by atoms with Crippen LogP contribution in [-0.4, -0.2) is 14.8 Å². The number of hydrogen-bond acceptors (Lipinski definition) is 4. The lowest BCUT2D eigenvalue weighted by molar-refractivity contribution is 0.290. The molecule has 3 aromatic rings. The Labute approximate surface area is 157 Å². The molecule has 0 aliphatic heterocycles.